The summed E-state index contributed by atoms with van der Waals surface area (Å²) in [6.45, 7) is 4.41. The lowest BCUT2D eigenvalue weighted by molar-refractivity contribution is -0.137. The summed E-state index contributed by atoms with van der Waals surface area (Å²) in [5, 5.41) is 8.76. The van der Waals surface area contributed by atoms with Gasteiger partial charge in [-0.3, -0.25) is 9.69 Å². The van der Waals surface area contributed by atoms with Gasteiger partial charge >= 0.3 is 0 Å². The van der Waals surface area contributed by atoms with Crippen molar-refractivity contribution in [3.8, 4) is 11.4 Å². The largest absolute Gasteiger partial charge is 0.332 e. The lowest BCUT2D eigenvalue weighted by Crippen LogP contribution is -2.48. The number of nitrogens with zero attached hydrogens (tertiary/aromatic N) is 5. The number of aromatic nitrogens is 3. The quantitative estimate of drug-likeness (QED) is 0.847. The zero-order valence-electron chi connectivity index (χ0n) is 14.2. The van der Waals surface area contributed by atoms with Gasteiger partial charge < -0.3 is 9.47 Å². The van der Waals surface area contributed by atoms with E-state index in [4.69, 9.17) is 0 Å². The Morgan fingerprint density at radius 3 is 2.71 bits per heavy atom. The van der Waals surface area contributed by atoms with Gasteiger partial charge in [0.2, 0.25) is 5.91 Å². The maximum Gasteiger partial charge on any atom is 0.240 e. The Morgan fingerprint density at radius 2 is 2.00 bits per heavy atom. The molecule has 1 fully saturated rings. The van der Waals surface area contributed by atoms with Crippen LogP contribution in [-0.4, -0.2) is 56.7 Å². The first-order valence-electron chi connectivity index (χ1n) is 8.63. The van der Waals surface area contributed by atoms with E-state index in [9.17, 15) is 4.79 Å². The Morgan fingerprint density at radius 1 is 1.21 bits per heavy atom. The van der Waals surface area contributed by atoms with Gasteiger partial charge in [-0.2, -0.15) is 0 Å². The monoisotopic (exact) mass is 325 g/mol. The predicted molar refractivity (Wildman–Crippen MR) is 91.2 cm³/mol. The summed E-state index contributed by atoms with van der Waals surface area (Å²) < 4.78 is 2.18. The Labute approximate surface area is 142 Å². The minimum absolute atomic E-state index is 0.0280. The highest BCUT2D eigenvalue weighted by molar-refractivity contribution is 5.82. The first-order chi connectivity index (χ1) is 11.6. The second-order valence-electron chi connectivity index (χ2n) is 6.88. The Hall–Kier alpha value is -2.21. The number of carbonyl (C=O) groups is 1. The lowest BCUT2D eigenvalue weighted by atomic mass is 10.1. The number of hydrogen-bond donors (Lipinski definition) is 0. The fourth-order valence-corrected chi connectivity index (χ4v) is 3.92. The molecule has 0 spiro atoms. The molecule has 1 aromatic heterocycles. The smallest absolute Gasteiger partial charge is 0.240 e. The van der Waals surface area contributed by atoms with Crippen LogP contribution in [0.4, 0.5) is 0 Å². The van der Waals surface area contributed by atoms with E-state index in [0.29, 0.717) is 13.1 Å². The van der Waals surface area contributed by atoms with Crippen molar-refractivity contribution in [3.63, 3.8) is 0 Å². The van der Waals surface area contributed by atoms with Gasteiger partial charge in [0.1, 0.15) is 0 Å². The summed E-state index contributed by atoms with van der Waals surface area (Å²) >= 11 is 0. The normalized spacial score (nSPS) is 24.2. The molecule has 3 heterocycles. The van der Waals surface area contributed by atoms with Gasteiger partial charge in [-0.25, -0.2) is 0 Å². The Balaban J connectivity index is 1.60. The van der Waals surface area contributed by atoms with Gasteiger partial charge in [0, 0.05) is 12.1 Å². The molecule has 2 aliphatic heterocycles. The number of carbonyl (C=O) groups excluding carboxylic acids is 1. The van der Waals surface area contributed by atoms with Gasteiger partial charge in [0.15, 0.2) is 11.6 Å². The lowest BCUT2D eigenvalue weighted by Gasteiger charge is -2.35. The highest BCUT2D eigenvalue weighted by Gasteiger charge is 2.35. The molecule has 1 amide bonds. The highest BCUT2D eigenvalue weighted by Crippen LogP contribution is 2.28. The van der Waals surface area contributed by atoms with Crippen molar-refractivity contribution in [2.45, 2.75) is 38.4 Å². The molecule has 1 aromatic carbocycles. The molecule has 0 aliphatic carbocycles. The van der Waals surface area contributed by atoms with Crippen molar-refractivity contribution >= 4 is 5.91 Å². The standard InChI is InChI=1S/C18H23N5O/c1-13-11-22(18(24)15-9-6-10-21(15)2)12-16-19-20-17(23(13)16)14-7-4-3-5-8-14/h3-5,7-8,13,15H,6,9-12H2,1-2H3/t13-,15-/m0/s1. The van der Waals surface area contributed by atoms with E-state index in [1.54, 1.807) is 0 Å². The number of fused-ring (bicyclic) bond motifs is 1. The minimum atomic E-state index is 0.0280. The number of hydrogen-bond acceptors (Lipinski definition) is 4. The third-order valence-corrected chi connectivity index (χ3v) is 5.17. The van der Waals surface area contributed by atoms with Crippen LogP contribution < -0.4 is 0 Å². The van der Waals surface area contributed by atoms with Gasteiger partial charge in [-0.1, -0.05) is 30.3 Å². The van der Waals surface area contributed by atoms with Crippen molar-refractivity contribution in [2.24, 2.45) is 0 Å². The Kier molecular flexibility index (Phi) is 3.84. The number of amides is 1. The second-order valence-corrected chi connectivity index (χ2v) is 6.88. The predicted octanol–water partition coefficient (Wildman–Crippen LogP) is 1.94. The van der Waals surface area contributed by atoms with E-state index in [1.807, 2.05) is 30.1 Å². The first-order valence-corrected chi connectivity index (χ1v) is 8.63. The number of benzene rings is 1. The summed E-state index contributed by atoms with van der Waals surface area (Å²) in [7, 11) is 2.04. The Bertz CT molecular complexity index is 741. The van der Waals surface area contributed by atoms with Gasteiger partial charge in [0.25, 0.3) is 0 Å². The summed E-state index contributed by atoms with van der Waals surface area (Å²) in [6.07, 6.45) is 2.06. The van der Waals surface area contributed by atoms with Crippen LogP contribution in [-0.2, 0) is 11.3 Å². The summed E-state index contributed by atoms with van der Waals surface area (Å²) in [5.41, 5.74) is 1.07. The van der Waals surface area contributed by atoms with Crippen LogP contribution in [0, 0.1) is 0 Å². The maximum absolute atomic E-state index is 12.9. The van der Waals surface area contributed by atoms with Crippen LogP contribution in [0.2, 0.25) is 0 Å². The zero-order valence-corrected chi connectivity index (χ0v) is 14.2. The van der Waals surface area contributed by atoms with E-state index < -0.39 is 0 Å². The minimum Gasteiger partial charge on any atom is -0.332 e. The van der Waals surface area contributed by atoms with Crippen LogP contribution >= 0.6 is 0 Å². The maximum atomic E-state index is 12.9. The first kappa shape index (κ1) is 15.3. The molecule has 0 radical (unpaired) electrons. The van der Waals surface area contributed by atoms with Crippen LogP contribution in [0.15, 0.2) is 30.3 Å². The second kappa shape index (κ2) is 6.02. The van der Waals surface area contributed by atoms with E-state index in [-0.39, 0.29) is 18.0 Å². The highest BCUT2D eigenvalue weighted by atomic mass is 16.2. The van der Waals surface area contributed by atoms with Crippen LogP contribution in [0.25, 0.3) is 11.4 Å². The molecule has 126 valence electrons. The molecule has 2 atom stereocenters. The average Bonchev–Trinajstić information content (AvgIpc) is 3.21. The molecule has 24 heavy (non-hydrogen) atoms. The van der Waals surface area contributed by atoms with Crippen LogP contribution in [0.1, 0.15) is 31.6 Å². The number of likely N-dealkylation sites (tertiary alicyclic amines) is 1. The molecule has 4 rings (SSSR count). The fourth-order valence-electron chi connectivity index (χ4n) is 3.92. The van der Waals surface area contributed by atoms with E-state index in [1.165, 1.54) is 0 Å². The number of rotatable bonds is 2. The van der Waals surface area contributed by atoms with Crippen molar-refractivity contribution in [1.82, 2.24) is 24.6 Å². The van der Waals surface area contributed by atoms with Gasteiger partial charge in [0.05, 0.1) is 18.6 Å². The van der Waals surface area contributed by atoms with E-state index in [2.05, 4.69) is 38.7 Å². The van der Waals surface area contributed by atoms with Crippen LogP contribution in [0.3, 0.4) is 0 Å². The molecule has 6 nitrogen and oxygen atoms in total. The molecular formula is C18H23N5O. The zero-order chi connectivity index (χ0) is 16.7. The number of likely N-dealkylation sites (N-methyl/N-ethyl adjacent to an activating group) is 1. The molecular weight excluding hydrogens is 302 g/mol. The van der Waals surface area contributed by atoms with E-state index in [0.717, 1.165) is 36.6 Å². The van der Waals surface area contributed by atoms with Crippen molar-refractivity contribution in [2.75, 3.05) is 20.1 Å². The van der Waals surface area contributed by atoms with E-state index >= 15 is 0 Å². The van der Waals surface area contributed by atoms with Gasteiger partial charge in [-0.15, -0.1) is 10.2 Å². The molecule has 2 aromatic rings. The molecule has 0 bridgehead atoms. The van der Waals surface area contributed by atoms with Gasteiger partial charge in [-0.05, 0) is 33.4 Å². The molecule has 6 heteroatoms. The molecule has 2 aliphatic rings. The molecule has 0 saturated carbocycles. The topological polar surface area (TPSA) is 54.3 Å². The molecule has 1 saturated heterocycles. The summed E-state index contributed by atoms with van der Waals surface area (Å²) in [4.78, 5) is 17.0. The third-order valence-electron chi connectivity index (χ3n) is 5.17. The van der Waals surface area contributed by atoms with Crippen molar-refractivity contribution < 1.29 is 4.79 Å². The summed E-state index contributed by atoms with van der Waals surface area (Å²) in [5.74, 6) is 2.00. The van der Waals surface area contributed by atoms with Crippen molar-refractivity contribution in [3.05, 3.63) is 36.2 Å². The van der Waals surface area contributed by atoms with Crippen LogP contribution in [0.5, 0.6) is 0 Å². The molecule has 0 unspecified atom stereocenters. The third kappa shape index (κ3) is 2.51. The van der Waals surface area contributed by atoms with Crippen molar-refractivity contribution in [1.29, 1.82) is 0 Å². The SMILES string of the molecule is C[C@H]1CN(C(=O)[C@@H]2CCCN2C)Cc2nnc(-c3ccccc3)n21. The fraction of sp³-hybridized carbons (Fsp3) is 0.500. The summed E-state index contributed by atoms with van der Waals surface area (Å²) in [6, 6.07) is 10.3. The molecule has 0 N–H and O–H groups in total. The average molecular weight is 325 g/mol.